The van der Waals surface area contributed by atoms with Crippen LogP contribution in [-0.2, 0) is 17.9 Å². The van der Waals surface area contributed by atoms with Crippen LogP contribution in [0.4, 0.5) is 4.39 Å². The Labute approximate surface area is 149 Å². The number of halogens is 1. The average molecular weight is 343 g/mol. The van der Waals surface area contributed by atoms with E-state index in [9.17, 15) is 4.39 Å². The third-order valence-electron chi connectivity index (χ3n) is 4.07. The molecule has 0 aliphatic heterocycles. The van der Waals surface area contributed by atoms with Gasteiger partial charge in [-0.05, 0) is 42.2 Å². The summed E-state index contributed by atoms with van der Waals surface area (Å²) in [7, 11) is 3.41. The molecule has 0 fully saturated rings. The number of ether oxygens (including phenoxy) is 1. The van der Waals surface area contributed by atoms with Crippen LogP contribution in [0.2, 0.25) is 0 Å². The fraction of sp³-hybridized carbons (Fsp3) is 0.350. The molecule has 25 heavy (non-hydrogen) atoms. The number of aliphatic imine (C=N–C) groups is 1. The molecule has 2 aromatic rings. The lowest BCUT2D eigenvalue weighted by atomic mass is 10.1. The second-order valence-electron chi connectivity index (χ2n) is 6.05. The molecular formula is C20H26FN3O. The number of benzene rings is 2. The zero-order valence-electron chi connectivity index (χ0n) is 15.3. The predicted molar refractivity (Wildman–Crippen MR) is 100 cm³/mol. The molecule has 0 bridgehead atoms. The molecule has 2 rings (SSSR count). The van der Waals surface area contributed by atoms with Gasteiger partial charge in [0.05, 0.1) is 12.6 Å². The number of hydrogen-bond acceptors (Lipinski definition) is 2. The summed E-state index contributed by atoms with van der Waals surface area (Å²) < 4.78 is 18.8. The van der Waals surface area contributed by atoms with Crippen molar-refractivity contribution >= 4 is 5.96 Å². The molecule has 0 aliphatic carbocycles. The van der Waals surface area contributed by atoms with E-state index in [1.165, 1.54) is 0 Å². The quantitative estimate of drug-likeness (QED) is 0.621. The van der Waals surface area contributed by atoms with Gasteiger partial charge in [0, 0.05) is 20.7 Å². The highest BCUT2D eigenvalue weighted by Gasteiger charge is 2.09. The Balaban J connectivity index is 1.92. The second kappa shape index (κ2) is 9.18. The Morgan fingerprint density at radius 1 is 1.16 bits per heavy atom. The van der Waals surface area contributed by atoms with Crippen LogP contribution in [-0.4, -0.2) is 20.1 Å². The van der Waals surface area contributed by atoms with Gasteiger partial charge in [0.2, 0.25) is 0 Å². The van der Waals surface area contributed by atoms with Crippen LogP contribution >= 0.6 is 0 Å². The number of rotatable bonds is 6. The molecule has 1 atom stereocenters. The summed E-state index contributed by atoms with van der Waals surface area (Å²) in [5.74, 6) is 0.486. The highest BCUT2D eigenvalue weighted by molar-refractivity contribution is 5.80. The summed E-state index contributed by atoms with van der Waals surface area (Å²) in [5.41, 5.74) is 3.82. The first kappa shape index (κ1) is 18.9. The zero-order valence-corrected chi connectivity index (χ0v) is 15.3. The van der Waals surface area contributed by atoms with Crippen molar-refractivity contribution in [1.29, 1.82) is 0 Å². The van der Waals surface area contributed by atoms with Gasteiger partial charge in [-0.2, -0.15) is 0 Å². The minimum absolute atomic E-state index is 0.0506. The van der Waals surface area contributed by atoms with E-state index in [1.807, 2.05) is 13.0 Å². The van der Waals surface area contributed by atoms with Gasteiger partial charge in [0.25, 0.3) is 0 Å². The molecule has 1 unspecified atom stereocenters. The maximum absolute atomic E-state index is 13.7. The van der Waals surface area contributed by atoms with Crippen LogP contribution in [0.5, 0.6) is 0 Å². The van der Waals surface area contributed by atoms with Crippen LogP contribution in [0, 0.1) is 12.7 Å². The van der Waals surface area contributed by atoms with Gasteiger partial charge in [-0.15, -0.1) is 0 Å². The molecule has 0 spiro atoms. The van der Waals surface area contributed by atoms with E-state index < -0.39 is 0 Å². The minimum atomic E-state index is -0.190. The fourth-order valence-corrected chi connectivity index (χ4v) is 2.47. The number of guanidine groups is 1. The molecule has 5 heteroatoms. The Morgan fingerprint density at radius 2 is 1.84 bits per heavy atom. The third kappa shape index (κ3) is 5.57. The van der Waals surface area contributed by atoms with Crippen LogP contribution in [0.1, 0.15) is 35.2 Å². The van der Waals surface area contributed by atoms with Gasteiger partial charge in [0.1, 0.15) is 5.82 Å². The summed E-state index contributed by atoms with van der Waals surface area (Å²) in [5, 5.41) is 6.56. The maximum atomic E-state index is 13.7. The normalized spacial score (nSPS) is 12.8. The molecular weight excluding hydrogens is 317 g/mol. The van der Waals surface area contributed by atoms with Gasteiger partial charge in [-0.25, -0.2) is 4.39 Å². The van der Waals surface area contributed by atoms with Crippen LogP contribution in [0.3, 0.4) is 0 Å². The van der Waals surface area contributed by atoms with Crippen LogP contribution in [0.25, 0.3) is 0 Å². The lowest BCUT2D eigenvalue weighted by Crippen LogP contribution is -2.38. The van der Waals surface area contributed by atoms with Crippen molar-refractivity contribution in [2.45, 2.75) is 33.0 Å². The van der Waals surface area contributed by atoms with Gasteiger partial charge in [0.15, 0.2) is 5.96 Å². The van der Waals surface area contributed by atoms with Crippen molar-refractivity contribution in [3.05, 3.63) is 70.5 Å². The van der Waals surface area contributed by atoms with Crippen molar-refractivity contribution in [3.63, 3.8) is 0 Å². The topological polar surface area (TPSA) is 45.7 Å². The van der Waals surface area contributed by atoms with E-state index in [0.717, 1.165) is 16.7 Å². The van der Waals surface area contributed by atoms with E-state index in [0.29, 0.717) is 24.7 Å². The summed E-state index contributed by atoms with van der Waals surface area (Å²) in [6.07, 6.45) is 0. The third-order valence-corrected chi connectivity index (χ3v) is 4.07. The lowest BCUT2D eigenvalue weighted by Gasteiger charge is -2.19. The minimum Gasteiger partial charge on any atom is -0.380 e. The lowest BCUT2D eigenvalue weighted by molar-refractivity contribution is 0.185. The summed E-state index contributed by atoms with van der Waals surface area (Å²) in [4.78, 5) is 4.24. The number of aryl methyl sites for hydroxylation is 1. The summed E-state index contributed by atoms with van der Waals surface area (Å²) >= 11 is 0. The molecule has 0 saturated carbocycles. The highest BCUT2D eigenvalue weighted by Crippen LogP contribution is 2.16. The first-order valence-electron chi connectivity index (χ1n) is 8.33. The fourth-order valence-electron chi connectivity index (χ4n) is 2.47. The van der Waals surface area contributed by atoms with E-state index in [1.54, 1.807) is 33.2 Å². The van der Waals surface area contributed by atoms with Crippen molar-refractivity contribution in [1.82, 2.24) is 10.6 Å². The molecule has 0 aliphatic rings. The number of hydrogen-bond donors (Lipinski definition) is 2. The predicted octanol–water partition coefficient (Wildman–Crippen LogP) is 3.71. The molecule has 134 valence electrons. The Hall–Kier alpha value is -2.40. The average Bonchev–Trinajstić information content (AvgIpc) is 2.62. The van der Waals surface area contributed by atoms with E-state index in [-0.39, 0.29) is 11.9 Å². The monoisotopic (exact) mass is 343 g/mol. The first-order valence-corrected chi connectivity index (χ1v) is 8.33. The van der Waals surface area contributed by atoms with Gasteiger partial charge >= 0.3 is 0 Å². The van der Waals surface area contributed by atoms with Crippen molar-refractivity contribution < 1.29 is 9.13 Å². The maximum Gasteiger partial charge on any atom is 0.191 e. The SMILES string of the molecule is CN=C(NCc1ccc(COC)cc1)NC(C)c1ccc(C)c(F)c1. The Morgan fingerprint density at radius 3 is 2.44 bits per heavy atom. The molecule has 0 saturated heterocycles. The smallest absolute Gasteiger partial charge is 0.191 e. The molecule has 4 nitrogen and oxygen atoms in total. The van der Waals surface area contributed by atoms with Gasteiger partial charge in [-0.3, -0.25) is 4.99 Å². The molecule has 2 aromatic carbocycles. The first-order chi connectivity index (χ1) is 12.0. The Bertz CT molecular complexity index is 713. The molecule has 0 heterocycles. The number of nitrogens with one attached hydrogen (secondary N) is 2. The van der Waals surface area contributed by atoms with Crippen molar-refractivity contribution in [2.75, 3.05) is 14.2 Å². The molecule has 2 N–H and O–H groups in total. The summed E-state index contributed by atoms with van der Waals surface area (Å²) in [6.45, 7) is 5.01. The van der Waals surface area contributed by atoms with E-state index >= 15 is 0 Å². The molecule has 0 radical (unpaired) electrons. The Kier molecular flexibility index (Phi) is 6.95. The molecule has 0 amide bonds. The van der Waals surface area contributed by atoms with E-state index in [2.05, 4.69) is 39.9 Å². The van der Waals surface area contributed by atoms with E-state index in [4.69, 9.17) is 4.74 Å². The summed E-state index contributed by atoms with van der Waals surface area (Å²) in [6, 6.07) is 13.5. The van der Waals surface area contributed by atoms with Gasteiger partial charge in [-0.1, -0.05) is 36.4 Å². The van der Waals surface area contributed by atoms with Crippen LogP contribution < -0.4 is 10.6 Å². The van der Waals surface area contributed by atoms with Gasteiger partial charge < -0.3 is 15.4 Å². The number of nitrogens with zero attached hydrogens (tertiary/aromatic N) is 1. The standard InChI is InChI=1S/C20H26FN3O/c1-14-5-10-18(11-19(14)21)15(2)24-20(22-3)23-12-16-6-8-17(9-7-16)13-25-4/h5-11,15H,12-13H2,1-4H3,(H2,22,23,24). The number of methoxy groups -OCH3 is 1. The highest BCUT2D eigenvalue weighted by atomic mass is 19.1. The van der Waals surface area contributed by atoms with Crippen LogP contribution in [0.15, 0.2) is 47.5 Å². The second-order valence-corrected chi connectivity index (χ2v) is 6.05. The zero-order chi connectivity index (χ0) is 18.2. The van der Waals surface area contributed by atoms with Crippen molar-refractivity contribution in [3.8, 4) is 0 Å². The largest absolute Gasteiger partial charge is 0.380 e. The van der Waals surface area contributed by atoms with Crippen molar-refractivity contribution in [2.24, 2.45) is 4.99 Å². The molecule has 0 aromatic heterocycles.